The first-order valence-corrected chi connectivity index (χ1v) is 4.63. The second-order valence-electron chi connectivity index (χ2n) is 3.29. The van der Waals surface area contributed by atoms with Crippen LogP contribution in [0.25, 0.3) is 10.9 Å². The van der Waals surface area contributed by atoms with Crippen molar-refractivity contribution in [2.24, 2.45) is 0 Å². The molecule has 0 atom stereocenters. The molecule has 15 heavy (non-hydrogen) atoms. The lowest BCUT2D eigenvalue weighted by molar-refractivity contribution is -0.136. The topological polar surface area (TPSA) is 15.8 Å². The second kappa shape index (κ2) is 3.17. The fraction of sp³-hybridized carbons (Fsp3) is 0.200. The summed E-state index contributed by atoms with van der Waals surface area (Å²) in [7, 11) is 0. The SMILES string of the molecule is Cc1c(Cl)[nH]c2cccc(C(F)(F)F)c12. The van der Waals surface area contributed by atoms with Gasteiger partial charge in [-0.2, -0.15) is 13.2 Å². The molecular formula is C10H7ClF3N. The summed E-state index contributed by atoms with van der Waals surface area (Å²) in [5, 5.41) is 0.400. The molecule has 0 saturated carbocycles. The average Bonchev–Trinajstić information content (AvgIpc) is 2.41. The van der Waals surface area contributed by atoms with Crippen LogP contribution in [-0.4, -0.2) is 4.98 Å². The molecule has 2 aromatic rings. The molecule has 1 heterocycles. The largest absolute Gasteiger partial charge is 0.417 e. The van der Waals surface area contributed by atoms with E-state index in [1.165, 1.54) is 6.07 Å². The number of benzene rings is 1. The second-order valence-corrected chi connectivity index (χ2v) is 3.67. The van der Waals surface area contributed by atoms with Crippen LogP contribution in [0.1, 0.15) is 11.1 Å². The van der Waals surface area contributed by atoms with Crippen molar-refractivity contribution in [2.75, 3.05) is 0 Å². The quantitative estimate of drug-likeness (QED) is 0.704. The summed E-state index contributed by atoms with van der Waals surface area (Å²) in [5.74, 6) is 0. The number of rotatable bonds is 0. The van der Waals surface area contributed by atoms with Gasteiger partial charge in [0, 0.05) is 10.9 Å². The Hall–Kier alpha value is -1.16. The van der Waals surface area contributed by atoms with E-state index in [-0.39, 0.29) is 10.5 Å². The van der Waals surface area contributed by atoms with Crippen molar-refractivity contribution < 1.29 is 13.2 Å². The number of nitrogens with one attached hydrogen (secondary N) is 1. The van der Waals surface area contributed by atoms with E-state index in [1.807, 2.05) is 0 Å². The van der Waals surface area contributed by atoms with Gasteiger partial charge in [-0.05, 0) is 24.6 Å². The zero-order valence-electron chi connectivity index (χ0n) is 7.74. The normalized spacial score (nSPS) is 12.3. The maximum atomic E-state index is 12.7. The summed E-state index contributed by atoms with van der Waals surface area (Å²) in [6, 6.07) is 3.99. The van der Waals surface area contributed by atoms with Crippen LogP contribution in [0, 0.1) is 6.92 Å². The Morgan fingerprint density at radius 3 is 2.53 bits per heavy atom. The summed E-state index contributed by atoms with van der Waals surface area (Å²) in [4.78, 5) is 2.70. The van der Waals surface area contributed by atoms with Gasteiger partial charge in [-0.25, -0.2) is 0 Å². The van der Waals surface area contributed by atoms with Crippen LogP contribution in [0.3, 0.4) is 0 Å². The van der Waals surface area contributed by atoms with Gasteiger partial charge in [-0.3, -0.25) is 0 Å². The lowest BCUT2D eigenvalue weighted by Gasteiger charge is -2.08. The zero-order chi connectivity index (χ0) is 11.2. The van der Waals surface area contributed by atoms with Crippen LogP contribution in [0.2, 0.25) is 5.15 Å². The molecule has 0 spiro atoms. The first-order chi connectivity index (χ1) is 6.91. The van der Waals surface area contributed by atoms with Gasteiger partial charge in [-0.15, -0.1) is 0 Å². The number of aryl methyl sites for hydroxylation is 1. The van der Waals surface area contributed by atoms with Crippen molar-refractivity contribution in [3.05, 3.63) is 34.5 Å². The minimum absolute atomic E-state index is 0.148. The van der Waals surface area contributed by atoms with E-state index in [0.717, 1.165) is 6.07 Å². The molecule has 5 heteroatoms. The van der Waals surface area contributed by atoms with Gasteiger partial charge in [0.05, 0.1) is 5.56 Å². The maximum absolute atomic E-state index is 12.7. The summed E-state index contributed by atoms with van der Waals surface area (Å²) >= 11 is 5.75. The lowest BCUT2D eigenvalue weighted by Crippen LogP contribution is -2.05. The average molecular weight is 234 g/mol. The summed E-state index contributed by atoms with van der Waals surface area (Å²) in [6.07, 6.45) is -4.35. The molecule has 0 fully saturated rings. The Balaban J connectivity index is 2.86. The number of fused-ring (bicyclic) bond motifs is 1. The Labute approximate surface area is 88.9 Å². The van der Waals surface area contributed by atoms with E-state index < -0.39 is 11.7 Å². The standard InChI is InChI=1S/C10H7ClF3N/c1-5-8-6(10(12,13)14)3-2-4-7(8)15-9(5)11/h2-4,15H,1H3. The van der Waals surface area contributed by atoms with Gasteiger partial charge in [-0.1, -0.05) is 17.7 Å². The van der Waals surface area contributed by atoms with Gasteiger partial charge in [0.15, 0.2) is 0 Å². The number of H-pyrrole nitrogens is 1. The molecule has 1 N–H and O–H groups in total. The van der Waals surface area contributed by atoms with Crippen LogP contribution in [0.5, 0.6) is 0 Å². The van der Waals surface area contributed by atoms with Gasteiger partial charge in [0.1, 0.15) is 5.15 Å². The Morgan fingerprint density at radius 2 is 1.93 bits per heavy atom. The monoisotopic (exact) mass is 233 g/mol. The molecule has 0 saturated heterocycles. The van der Waals surface area contributed by atoms with E-state index >= 15 is 0 Å². The highest BCUT2D eigenvalue weighted by Crippen LogP contribution is 2.37. The smallest absolute Gasteiger partial charge is 0.345 e. The van der Waals surface area contributed by atoms with E-state index in [4.69, 9.17) is 11.6 Å². The van der Waals surface area contributed by atoms with E-state index in [9.17, 15) is 13.2 Å². The number of halogens is 4. The minimum Gasteiger partial charge on any atom is -0.345 e. The summed E-state index contributed by atoms with van der Waals surface area (Å²) in [5.41, 5.74) is 0.188. The van der Waals surface area contributed by atoms with Gasteiger partial charge < -0.3 is 4.98 Å². The first-order valence-electron chi connectivity index (χ1n) is 4.25. The van der Waals surface area contributed by atoms with Gasteiger partial charge >= 0.3 is 6.18 Å². The molecule has 0 aliphatic carbocycles. The number of aromatic nitrogens is 1. The Morgan fingerprint density at radius 1 is 1.27 bits per heavy atom. The third kappa shape index (κ3) is 1.59. The zero-order valence-corrected chi connectivity index (χ0v) is 8.50. The van der Waals surface area contributed by atoms with Crippen molar-refractivity contribution in [1.29, 1.82) is 0 Å². The van der Waals surface area contributed by atoms with Crippen LogP contribution in [0.15, 0.2) is 18.2 Å². The molecule has 2 rings (SSSR count). The Bertz CT molecular complexity index is 513. The minimum atomic E-state index is -4.35. The number of hydrogen-bond donors (Lipinski definition) is 1. The maximum Gasteiger partial charge on any atom is 0.417 e. The van der Waals surface area contributed by atoms with Crippen LogP contribution < -0.4 is 0 Å². The number of aromatic amines is 1. The highest BCUT2D eigenvalue weighted by atomic mass is 35.5. The number of alkyl halides is 3. The van der Waals surface area contributed by atoms with E-state index in [2.05, 4.69) is 4.98 Å². The van der Waals surface area contributed by atoms with E-state index in [0.29, 0.717) is 11.1 Å². The molecule has 0 radical (unpaired) electrons. The predicted octanol–water partition coefficient (Wildman–Crippen LogP) is 4.15. The lowest BCUT2D eigenvalue weighted by atomic mass is 10.1. The molecule has 0 aliphatic rings. The van der Waals surface area contributed by atoms with Crippen molar-refractivity contribution in [2.45, 2.75) is 13.1 Å². The fourth-order valence-electron chi connectivity index (χ4n) is 1.62. The molecule has 0 amide bonds. The van der Waals surface area contributed by atoms with Crippen molar-refractivity contribution in [3.63, 3.8) is 0 Å². The van der Waals surface area contributed by atoms with Crippen molar-refractivity contribution >= 4 is 22.5 Å². The van der Waals surface area contributed by atoms with Crippen molar-refractivity contribution in [3.8, 4) is 0 Å². The molecule has 1 aromatic carbocycles. The highest BCUT2D eigenvalue weighted by molar-refractivity contribution is 6.31. The first kappa shape index (κ1) is 10.4. The van der Waals surface area contributed by atoms with E-state index in [1.54, 1.807) is 13.0 Å². The van der Waals surface area contributed by atoms with Gasteiger partial charge in [0.25, 0.3) is 0 Å². The molecule has 0 unspecified atom stereocenters. The van der Waals surface area contributed by atoms with Crippen LogP contribution >= 0.6 is 11.6 Å². The highest BCUT2D eigenvalue weighted by Gasteiger charge is 2.33. The molecule has 0 aliphatic heterocycles. The van der Waals surface area contributed by atoms with Crippen LogP contribution in [-0.2, 0) is 6.18 Å². The molecule has 1 aromatic heterocycles. The molecule has 0 bridgehead atoms. The summed E-state index contributed by atoms with van der Waals surface area (Å²) < 4.78 is 38.0. The van der Waals surface area contributed by atoms with Gasteiger partial charge in [0.2, 0.25) is 0 Å². The molecule has 1 nitrogen and oxygen atoms in total. The Kier molecular flexibility index (Phi) is 2.19. The third-order valence-electron chi connectivity index (χ3n) is 2.32. The number of hydrogen-bond acceptors (Lipinski definition) is 0. The van der Waals surface area contributed by atoms with Crippen molar-refractivity contribution in [1.82, 2.24) is 4.98 Å². The third-order valence-corrected chi connectivity index (χ3v) is 2.70. The molecular weight excluding hydrogens is 227 g/mol. The molecule has 80 valence electrons. The van der Waals surface area contributed by atoms with Crippen LogP contribution in [0.4, 0.5) is 13.2 Å². The fourth-order valence-corrected chi connectivity index (χ4v) is 1.81. The summed E-state index contributed by atoms with van der Waals surface area (Å²) in [6.45, 7) is 1.57. The predicted molar refractivity (Wildman–Crippen MR) is 53.0 cm³/mol.